The van der Waals surface area contributed by atoms with E-state index in [0.717, 1.165) is 12.1 Å². The molecule has 1 aliphatic heterocycles. The lowest BCUT2D eigenvalue weighted by Gasteiger charge is -2.36. The fourth-order valence-electron chi connectivity index (χ4n) is 2.68. The lowest BCUT2D eigenvalue weighted by molar-refractivity contribution is -0.299. The minimum absolute atomic E-state index is 0.352. The van der Waals surface area contributed by atoms with E-state index in [0.29, 0.717) is 30.1 Å². The van der Waals surface area contributed by atoms with Gasteiger partial charge in [-0.25, -0.2) is 14.0 Å². The number of rotatable bonds is 4. The Kier molecular flexibility index (Phi) is 4.94. The summed E-state index contributed by atoms with van der Waals surface area (Å²) in [5, 5.41) is 25.0. The predicted molar refractivity (Wildman–Crippen MR) is 87.8 cm³/mol. The molecule has 1 aliphatic rings. The van der Waals surface area contributed by atoms with Gasteiger partial charge in [0.1, 0.15) is 0 Å². The highest BCUT2D eigenvalue weighted by atomic mass is 19.4. The van der Waals surface area contributed by atoms with E-state index in [-0.39, 0.29) is 0 Å². The Bertz CT molecular complexity index is 1120. The number of nitriles is 1. The SMILES string of the molecule is C[C@](O)(C(=O)Nc1ccc(C#N)c(C(F)(F)F)c1)C1(n2cc(F)cn2)OC(=O)C(=O)O1. The zero-order valence-electron chi connectivity index (χ0n) is 15.2. The van der Waals surface area contributed by atoms with Crippen LogP contribution in [0.2, 0.25) is 0 Å². The number of aromatic nitrogens is 2. The first-order valence-electron chi connectivity index (χ1n) is 8.14. The van der Waals surface area contributed by atoms with Crippen molar-refractivity contribution in [3.8, 4) is 6.07 Å². The molecule has 1 atom stereocenters. The molecule has 1 saturated heterocycles. The molecule has 3 rings (SSSR count). The van der Waals surface area contributed by atoms with Crippen LogP contribution in [-0.4, -0.2) is 38.3 Å². The highest BCUT2D eigenvalue weighted by Crippen LogP contribution is 2.39. The zero-order chi connectivity index (χ0) is 23.2. The van der Waals surface area contributed by atoms with Crippen molar-refractivity contribution in [2.75, 3.05) is 5.32 Å². The lowest BCUT2D eigenvalue weighted by Crippen LogP contribution is -2.61. The predicted octanol–water partition coefficient (Wildman–Crippen LogP) is 1.01. The quantitative estimate of drug-likeness (QED) is 0.406. The van der Waals surface area contributed by atoms with Crippen molar-refractivity contribution >= 4 is 23.5 Å². The van der Waals surface area contributed by atoms with Crippen LogP contribution in [0, 0.1) is 17.1 Å². The summed E-state index contributed by atoms with van der Waals surface area (Å²) in [5.74, 6) is -8.79. The number of hydrogen-bond donors (Lipinski definition) is 2. The van der Waals surface area contributed by atoms with E-state index < -0.39 is 58.2 Å². The van der Waals surface area contributed by atoms with Crippen LogP contribution < -0.4 is 5.32 Å². The van der Waals surface area contributed by atoms with Crippen LogP contribution >= 0.6 is 0 Å². The maximum atomic E-state index is 13.4. The van der Waals surface area contributed by atoms with Gasteiger partial charge in [0.2, 0.25) is 5.60 Å². The summed E-state index contributed by atoms with van der Waals surface area (Å²) in [6, 6.07) is 3.50. The number of benzene rings is 1. The molecule has 1 amide bonds. The number of carbonyl (C=O) groups is 3. The van der Waals surface area contributed by atoms with Crippen LogP contribution in [0.25, 0.3) is 0 Å². The van der Waals surface area contributed by atoms with Gasteiger partial charge < -0.3 is 19.9 Å². The van der Waals surface area contributed by atoms with Gasteiger partial charge in [-0.15, -0.1) is 0 Å². The van der Waals surface area contributed by atoms with Crippen molar-refractivity contribution in [1.29, 1.82) is 5.26 Å². The Labute approximate surface area is 169 Å². The molecular weight excluding hydrogens is 432 g/mol. The average molecular weight is 442 g/mol. The Balaban J connectivity index is 2.01. The number of aliphatic hydroxyl groups is 1. The second-order valence-corrected chi connectivity index (χ2v) is 6.36. The third kappa shape index (κ3) is 3.55. The summed E-state index contributed by atoms with van der Waals surface area (Å²) in [6.07, 6.45) is -3.80. The second kappa shape index (κ2) is 7.06. The van der Waals surface area contributed by atoms with E-state index in [4.69, 9.17) is 5.26 Å². The molecule has 162 valence electrons. The van der Waals surface area contributed by atoms with Gasteiger partial charge in [0.05, 0.1) is 29.6 Å². The fraction of sp³-hybridized carbons (Fsp3) is 0.235. The van der Waals surface area contributed by atoms with Crippen molar-refractivity contribution in [2.45, 2.75) is 24.6 Å². The monoisotopic (exact) mass is 442 g/mol. The number of anilines is 1. The highest BCUT2D eigenvalue weighted by molar-refractivity contribution is 6.31. The van der Waals surface area contributed by atoms with E-state index in [1.54, 1.807) is 0 Å². The summed E-state index contributed by atoms with van der Waals surface area (Å²) in [4.78, 5) is 35.9. The summed E-state index contributed by atoms with van der Waals surface area (Å²) in [5.41, 5.74) is -5.61. The molecule has 1 aromatic carbocycles. The molecule has 14 heteroatoms. The van der Waals surface area contributed by atoms with Gasteiger partial charge in [-0.05, 0) is 25.1 Å². The zero-order valence-corrected chi connectivity index (χ0v) is 15.2. The molecule has 0 saturated carbocycles. The first-order chi connectivity index (χ1) is 14.3. The van der Waals surface area contributed by atoms with E-state index in [1.807, 2.05) is 5.32 Å². The number of amides is 1. The minimum Gasteiger partial charge on any atom is -0.391 e. The van der Waals surface area contributed by atoms with Gasteiger partial charge in [0, 0.05) is 5.69 Å². The standard InChI is InChI=1S/C17H10F4N4O6/c1-15(29,17(25-7-9(18)6-23-25)30-12(26)13(27)31-17)14(28)24-10-3-2-8(5-22)11(4-10)16(19,20)21/h2-4,6-7,29H,1H3,(H,24,28)/t15-/m0/s1. The van der Waals surface area contributed by atoms with Gasteiger partial charge >= 0.3 is 24.0 Å². The molecule has 0 radical (unpaired) electrons. The van der Waals surface area contributed by atoms with Gasteiger partial charge in [0.15, 0.2) is 5.82 Å². The largest absolute Gasteiger partial charge is 0.422 e. The summed E-state index contributed by atoms with van der Waals surface area (Å²) >= 11 is 0. The molecule has 10 nitrogen and oxygen atoms in total. The highest BCUT2D eigenvalue weighted by Gasteiger charge is 2.67. The van der Waals surface area contributed by atoms with Gasteiger partial charge in [-0.3, -0.25) is 4.79 Å². The summed E-state index contributed by atoms with van der Waals surface area (Å²) in [7, 11) is 0. The van der Waals surface area contributed by atoms with Crippen molar-refractivity contribution in [2.24, 2.45) is 0 Å². The van der Waals surface area contributed by atoms with Gasteiger partial charge in [0.25, 0.3) is 5.91 Å². The summed E-state index contributed by atoms with van der Waals surface area (Å²) < 4.78 is 62.5. The van der Waals surface area contributed by atoms with Crippen LogP contribution in [0.5, 0.6) is 0 Å². The first-order valence-corrected chi connectivity index (χ1v) is 8.14. The maximum Gasteiger partial charge on any atom is 0.422 e. The average Bonchev–Trinajstić information content (AvgIpc) is 3.25. The number of ether oxygens (including phenoxy) is 2. The number of cyclic esters (lactones) is 2. The van der Waals surface area contributed by atoms with Crippen LogP contribution in [0.15, 0.2) is 30.6 Å². The number of carbonyl (C=O) groups excluding carboxylic acids is 3. The molecule has 0 aliphatic carbocycles. The van der Waals surface area contributed by atoms with E-state index in [1.165, 1.54) is 6.07 Å². The summed E-state index contributed by atoms with van der Waals surface area (Å²) in [6.45, 7) is 0.697. The third-order valence-electron chi connectivity index (χ3n) is 4.24. The van der Waals surface area contributed by atoms with Gasteiger partial charge in [-0.1, -0.05) is 0 Å². The maximum absolute atomic E-state index is 13.4. The fourth-order valence-corrected chi connectivity index (χ4v) is 2.68. The molecule has 2 heterocycles. The number of esters is 2. The smallest absolute Gasteiger partial charge is 0.391 e. The normalized spacial score (nSPS) is 17.3. The van der Waals surface area contributed by atoms with Crippen molar-refractivity contribution in [3.63, 3.8) is 0 Å². The Morgan fingerprint density at radius 3 is 2.39 bits per heavy atom. The van der Waals surface area contributed by atoms with E-state index in [2.05, 4.69) is 14.6 Å². The van der Waals surface area contributed by atoms with Crippen LogP contribution in [0.3, 0.4) is 0 Å². The Hall–Kier alpha value is -3.99. The molecule has 0 bridgehead atoms. The first kappa shape index (κ1) is 21.7. The molecule has 0 unspecified atom stereocenters. The molecule has 31 heavy (non-hydrogen) atoms. The van der Waals surface area contributed by atoms with Crippen molar-refractivity contribution in [1.82, 2.24) is 9.78 Å². The topological polar surface area (TPSA) is 144 Å². The van der Waals surface area contributed by atoms with Crippen LogP contribution in [-0.2, 0) is 35.9 Å². The third-order valence-corrected chi connectivity index (χ3v) is 4.24. The van der Waals surface area contributed by atoms with Crippen LogP contribution in [0.4, 0.5) is 23.2 Å². The van der Waals surface area contributed by atoms with Crippen LogP contribution in [0.1, 0.15) is 18.1 Å². The van der Waals surface area contributed by atoms with E-state index in [9.17, 15) is 37.1 Å². The number of nitrogens with one attached hydrogen (secondary N) is 1. The molecule has 1 aromatic heterocycles. The van der Waals surface area contributed by atoms with Crippen molar-refractivity contribution < 1.29 is 46.5 Å². The second-order valence-electron chi connectivity index (χ2n) is 6.36. The van der Waals surface area contributed by atoms with Crippen molar-refractivity contribution in [3.05, 3.63) is 47.5 Å². The molecule has 2 N–H and O–H groups in total. The lowest BCUT2D eigenvalue weighted by atomic mass is 9.99. The molecule has 1 fully saturated rings. The minimum atomic E-state index is -4.93. The molecule has 0 spiro atoms. The molecular formula is C17H10F4N4O6. The Morgan fingerprint density at radius 1 is 1.29 bits per heavy atom. The van der Waals surface area contributed by atoms with E-state index >= 15 is 0 Å². The van der Waals surface area contributed by atoms with Gasteiger partial charge in [-0.2, -0.15) is 28.2 Å². The number of halogens is 4. The number of nitrogens with zero attached hydrogens (tertiary/aromatic N) is 3. The number of hydrogen-bond acceptors (Lipinski definition) is 8. The molecule has 2 aromatic rings. The Morgan fingerprint density at radius 2 is 1.90 bits per heavy atom. The number of alkyl halides is 3.